The van der Waals surface area contributed by atoms with Crippen molar-refractivity contribution in [2.45, 2.75) is 39.7 Å². The van der Waals surface area contributed by atoms with Gasteiger partial charge in [0, 0.05) is 26.3 Å². The van der Waals surface area contributed by atoms with Gasteiger partial charge in [-0.1, -0.05) is 20.8 Å². The molecule has 1 atom stereocenters. The summed E-state index contributed by atoms with van der Waals surface area (Å²) in [5, 5.41) is 3.41. The number of rotatable bonds is 10. The number of ether oxygens (including phenoxy) is 2. The van der Waals surface area contributed by atoms with E-state index in [4.69, 9.17) is 9.47 Å². The van der Waals surface area contributed by atoms with E-state index in [9.17, 15) is 0 Å². The zero-order valence-corrected chi connectivity index (χ0v) is 10.7. The molecule has 0 aromatic heterocycles. The van der Waals surface area contributed by atoms with Gasteiger partial charge in [-0.3, -0.25) is 0 Å². The van der Waals surface area contributed by atoms with Crippen molar-refractivity contribution in [3.63, 3.8) is 0 Å². The van der Waals surface area contributed by atoms with Crippen molar-refractivity contribution in [3.8, 4) is 0 Å². The van der Waals surface area contributed by atoms with E-state index < -0.39 is 0 Å². The second kappa shape index (κ2) is 10.4. The molecule has 0 aliphatic heterocycles. The highest BCUT2D eigenvalue weighted by atomic mass is 16.5. The molecule has 1 N–H and O–H groups in total. The SMILES string of the molecule is CCC(COC)NCCOCCC(C)C. The van der Waals surface area contributed by atoms with Crippen LogP contribution >= 0.6 is 0 Å². The van der Waals surface area contributed by atoms with Crippen molar-refractivity contribution < 1.29 is 9.47 Å². The molecule has 0 aliphatic carbocycles. The summed E-state index contributed by atoms with van der Waals surface area (Å²) in [6.45, 7) is 9.97. The predicted molar refractivity (Wildman–Crippen MR) is 64.2 cm³/mol. The molecule has 15 heavy (non-hydrogen) atoms. The van der Waals surface area contributed by atoms with Crippen LogP contribution in [0.25, 0.3) is 0 Å². The zero-order valence-electron chi connectivity index (χ0n) is 10.7. The fourth-order valence-corrected chi connectivity index (χ4v) is 1.28. The molecular weight excluding hydrogens is 190 g/mol. The molecular formula is C12H27NO2. The Labute approximate surface area is 94.5 Å². The molecule has 0 saturated heterocycles. The first kappa shape index (κ1) is 14.9. The molecule has 1 unspecified atom stereocenters. The summed E-state index contributed by atoms with van der Waals surface area (Å²) >= 11 is 0. The summed E-state index contributed by atoms with van der Waals surface area (Å²) < 4.78 is 10.6. The highest BCUT2D eigenvalue weighted by Gasteiger charge is 2.03. The number of methoxy groups -OCH3 is 1. The zero-order chi connectivity index (χ0) is 11.5. The van der Waals surface area contributed by atoms with Crippen LogP contribution in [0.2, 0.25) is 0 Å². The van der Waals surface area contributed by atoms with Crippen LogP contribution in [0.5, 0.6) is 0 Å². The Morgan fingerprint density at radius 3 is 2.47 bits per heavy atom. The molecule has 0 saturated carbocycles. The Bertz CT molecular complexity index is 129. The van der Waals surface area contributed by atoms with Gasteiger partial charge >= 0.3 is 0 Å². The van der Waals surface area contributed by atoms with Gasteiger partial charge < -0.3 is 14.8 Å². The van der Waals surface area contributed by atoms with Gasteiger partial charge in [0.15, 0.2) is 0 Å². The van der Waals surface area contributed by atoms with Gasteiger partial charge in [0.05, 0.1) is 13.2 Å². The van der Waals surface area contributed by atoms with E-state index in [0.717, 1.165) is 45.1 Å². The summed E-state index contributed by atoms with van der Waals surface area (Å²) in [6, 6.07) is 0.462. The molecule has 0 fully saturated rings. The maximum absolute atomic E-state index is 5.51. The largest absolute Gasteiger partial charge is 0.383 e. The average molecular weight is 217 g/mol. The van der Waals surface area contributed by atoms with E-state index in [-0.39, 0.29) is 0 Å². The molecule has 0 bridgehead atoms. The first-order chi connectivity index (χ1) is 7.20. The van der Waals surface area contributed by atoms with Crippen LogP contribution in [0.15, 0.2) is 0 Å². The molecule has 3 nitrogen and oxygen atoms in total. The number of hydrogen-bond acceptors (Lipinski definition) is 3. The monoisotopic (exact) mass is 217 g/mol. The number of hydrogen-bond donors (Lipinski definition) is 1. The lowest BCUT2D eigenvalue weighted by Crippen LogP contribution is -2.35. The van der Waals surface area contributed by atoms with Crippen LogP contribution in [-0.2, 0) is 9.47 Å². The minimum Gasteiger partial charge on any atom is -0.383 e. The third-order valence-corrected chi connectivity index (χ3v) is 2.38. The maximum Gasteiger partial charge on any atom is 0.0615 e. The van der Waals surface area contributed by atoms with Gasteiger partial charge in [0.1, 0.15) is 0 Å². The molecule has 0 amide bonds. The Morgan fingerprint density at radius 1 is 1.20 bits per heavy atom. The lowest BCUT2D eigenvalue weighted by molar-refractivity contribution is 0.115. The summed E-state index contributed by atoms with van der Waals surface area (Å²) in [7, 11) is 1.74. The summed E-state index contributed by atoms with van der Waals surface area (Å²) in [6.07, 6.45) is 2.25. The smallest absolute Gasteiger partial charge is 0.0615 e. The average Bonchev–Trinajstić information content (AvgIpc) is 2.21. The first-order valence-electron chi connectivity index (χ1n) is 6.00. The van der Waals surface area contributed by atoms with Crippen LogP contribution in [0.1, 0.15) is 33.6 Å². The highest BCUT2D eigenvalue weighted by molar-refractivity contribution is 4.62. The standard InChI is InChI=1S/C12H27NO2/c1-5-12(10-14-4)13-7-9-15-8-6-11(2)3/h11-13H,5-10H2,1-4H3. The van der Waals surface area contributed by atoms with Crippen molar-refractivity contribution in [2.75, 3.05) is 33.5 Å². The Morgan fingerprint density at radius 2 is 1.93 bits per heavy atom. The van der Waals surface area contributed by atoms with Crippen LogP contribution in [0.3, 0.4) is 0 Å². The van der Waals surface area contributed by atoms with E-state index in [1.807, 2.05) is 0 Å². The van der Waals surface area contributed by atoms with Gasteiger partial charge in [-0.05, 0) is 18.8 Å². The van der Waals surface area contributed by atoms with Crippen molar-refractivity contribution in [3.05, 3.63) is 0 Å². The molecule has 0 rings (SSSR count). The molecule has 0 spiro atoms. The van der Waals surface area contributed by atoms with Crippen LogP contribution in [0.4, 0.5) is 0 Å². The van der Waals surface area contributed by atoms with E-state index in [1.165, 1.54) is 0 Å². The molecule has 0 aromatic rings. The van der Waals surface area contributed by atoms with E-state index in [0.29, 0.717) is 6.04 Å². The lowest BCUT2D eigenvalue weighted by atomic mass is 10.1. The molecule has 3 heteroatoms. The summed E-state index contributed by atoms with van der Waals surface area (Å²) in [5.74, 6) is 0.731. The summed E-state index contributed by atoms with van der Waals surface area (Å²) in [4.78, 5) is 0. The number of nitrogens with one attached hydrogen (secondary N) is 1. The molecule has 92 valence electrons. The van der Waals surface area contributed by atoms with Crippen LogP contribution < -0.4 is 5.32 Å². The second-order valence-corrected chi connectivity index (χ2v) is 4.31. The topological polar surface area (TPSA) is 30.5 Å². The molecule has 0 heterocycles. The van der Waals surface area contributed by atoms with Crippen molar-refractivity contribution in [1.82, 2.24) is 5.32 Å². The third kappa shape index (κ3) is 10.2. The van der Waals surface area contributed by atoms with Crippen LogP contribution in [0, 0.1) is 5.92 Å². The fourth-order valence-electron chi connectivity index (χ4n) is 1.28. The van der Waals surface area contributed by atoms with Gasteiger partial charge in [-0.2, -0.15) is 0 Å². The van der Waals surface area contributed by atoms with Gasteiger partial charge in [-0.15, -0.1) is 0 Å². The van der Waals surface area contributed by atoms with E-state index in [1.54, 1.807) is 7.11 Å². The van der Waals surface area contributed by atoms with Crippen LogP contribution in [-0.4, -0.2) is 39.5 Å². The molecule has 0 aliphatic rings. The predicted octanol–water partition coefficient (Wildman–Crippen LogP) is 2.06. The normalized spacial score (nSPS) is 13.4. The van der Waals surface area contributed by atoms with E-state index in [2.05, 4.69) is 26.1 Å². The minimum atomic E-state index is 0.462. The lowest BCUT2D eigenvalue weighted by Gasteiger charge is -2.15. The van der Waals surface area contributed by atoms with Crippen molar-refractivity contribution >= 4 is 0 Å². The van der Waals surface area contributed by atoms with E-state index >= 15 is 0 Å². The van der Waals surface area contributed by atoms with Gasteiger partial charge in [-0.25, -0.2) is 0 Å². The highest BCUT2D eigenvalue weighted by Crippen LogP contribution is 1.98. The quantitative estimate of drug-likeness (QED) is 0.568. The first-order valence-corrected chi connectivity index (χ1v) is 6.00. The maximum atomic E-state index is 5.51. The van der Waals surface area contributed by atoms with Crippen molar-refractivity contribution in [2.24, 2.45) is 5.92 Å². The molecule has 0 aromatic carbocycles. The van der Waals surface area contributed by atoms with Gasteiger partial charge in [0.25, 0.3) is 0 Å². The third-order valence-electron chi connectivity index (χ3n) is 2.38. The van der Waals surface area contributed by atoms with Gasteiger partial charge in [0.2, 0.25) is 0 Å². The minimum absolute atomic E-state index is 0.462. The Hall–Kier alpha value is -0.120. The summed E-state index contributed by atoms with van der Waals surface area (Å²) in [5.41, 5.74) is 0. The second-order valence-electron chi connectivity index (χ2n) is 4.31. The molecule has 0 radical (unpaired) electrons. The van der Waals surface area contributed by atoms with Crippen molar-refractivity contribution in [1.29, 1.82) is 0 Å². The Balaban J connectivity index is 3.21. The fraction of sp³-hybridized carbons (Fsp3) is 1.00. The Kier molecular flexibility index (Phi) is 10.3.